The van der Waals surface area contributed by atoms with E-state index in [2.05, 4.69) is 4.74 Å². The van der Waals surface area contributed by atoms with E-state index in [0.717, 1.165) is 12.1 Å². The number of rotatable bonds is 7. The van der Waals surface area contributed by atoms with Crippen LogP contribution in [0.15, 0.2) is 47.4 Å². The molecule has 0 aromatic heterocycles. The van der Waals surface area contributed by atoms with Gasteiger partial charge in [-0.25, -0.2) is 18.0 Å². The number of carbonyl (C=O) groups excluding carboxylic acids is 1. The Bertz CT molecular complexity index is 916. The van der Waals surface area contributed by atoms with Gasteiger partial charge in [-0.05, 0) is 36.4 Å². The number of benzene rings is 2. The topological polar surface area (TPSA) is 127 Å². The first kappa shape index (κ1) is 19.3. The van der Waals surface area contributed by atoms with Crippen LogP contribution < -0.4 is 4.74 Å². The Balaban J connectivity index is 2.01. The first-order valence-corrected chi connectivity index (χ1v) is 9.00. The molecule has 8 nitrogen and oxygen atoms in total. The first-order valence-electron chi connectivity index (χ1n) is 7.35. The molecule has 0 saturated carbocycles. The maximum atomic E-state index is 12.3. The fourth-order valence-electron chi connectivity index (χ4n) is 2.09. The summed E-state index contributed by atoms with van der Waals surface area (Å²) in [5.41, 5.74) is -0.0487. The number of methoxy groups -OCH3 is 1. The second kappa shape index (κ2) is 7.87. The molecule has 0 aliphatic carbocycles. The van der Waals surface area contributed by atoms with E-state index in [0.29, 0.717) is 0 Å². The lowest BCUT2D eigenvalue weighted by Gasteiger charge is -2.09. The second-order valence-electron chi connectivity index (χ2n) is 5.17. The van der Waals surface area contributed by atoms with Crippen molar-refractivity contribution < 1.29 is 37.7 Å². The number of esters is 1. The molecular formula is C17H16O8S. The largest absolute Gasteiger partial charge is 0.507 e. The molecule has 0 bridgehead atoms. The number of carboxylic acid groups (broad SMARTS) is 1. The number of hydrogen-bond acceptors (Lipinski definition) is 7. The molecule has 0 heterocycles. The Morgan fingerprint density at radius 3 is 2.27 bits per heavy atom. The molecule has 2 aromatic carbocycles. The van der Waals surface area contributed by atoms with Gasteiger partial charge in [-0.15, -0.1) is 0 Å². The molecule has 26 heavy (non-hydrogen) atoms. The predicted molar refractivity (Wildman–Crippen MR) is 90.4 cm³/mol. The summed E-state index contributed by atoms with van der Waals surface area (Å²) in [7, 11) is -2.42. The molecule has 2 rings (SSSR count). The van der Waals surface area contributed by atoms with Gasteiger partial charge in [-0.1, -0.05) is 0 Å². The maximum Gasteiger partial charge on any atom is 0.339 e. The van der Waals surface area contributed by atoms with E-state index in [-0.39, 0.29) is 34.1 Å². The van der Waals surface area contributed by atoms with E-state index in [9.17, 15) is 23.1 Å². The highest BCUT2D eigenvalue weighted by molar-refractivity contribution is 7.91. The fourth-order valence-corrected chi connectivity index (χ4v) is 3.17. The van der Waals surface area contributed by atoms with E-state index in [1.165, 1.54) is 37.4 Å². The van der Waals surface area contributed by atoms with Crippen molar-refractivity contribution >= 4 is 21.8 Å². The SMILES string of the molecule is COC(=O)c1ccc(S(=O)(=O)CCOc2ccc(C(=O)O)c(O)c2)cc1. The minimum atomic E-state index is -3.65. The lowest BCUT2D eigenvalue weighted by Crippen LogP contribution is -2.14. The number of phenols is 1. The molecule has 0 atom stereocenters. The van der Waals surface area contributed by atoms with Crippen molar-refractivity contribution in [2.24, 2.45) is 0 Å². The van der Waals surface area contributed by atoms with Gasteiger partial charge in [0.15, 0.2) is 9.84 Å². The molecule has 138 valence electrons. The summed E-state index contributed by atoms with van der Waals surface area (Å²) in [6.45, 7) is -0.201. The third-order valence-electron chi connectivity index (χ3n) is 3.45. The van der Waals surface area contributed by atoms with Crippen molar-refractivity contribution in [2.45, 2.75) is 4.90 Å². The maximum absolute atomic E-state index is 12.3. The summed E-state index contributed by atoms with van der Waals surface area (Å²) >= 11 is 0. The molecule has 0 spiro atoms. The van der Waals surface area contributed by atoms with Crippen LogP contribution in [-0.2, 0) is 14.6 Å². The molecule has 0 aliphatic rings. The van der Waals surface area contributed by atoms with E-state index in [4.69, 9.17) is 9.84 Å². The van der Waals surface area contributed by atoms with Gasteiger partial charge >= 0.3 is 11.9 Å². The van der Waals surface area contributed by atoms with E-state index in [1.807, 2.05) is 0 Å². The molecule has 9 heteroatoms. The van der Waals surface area contributed by atoms with Crippen LogP contribution in [0.1, 0.15) is 20.7 Å². The van der Waals surface area contributed by atoms with Crippen LogP contribution >= 0.6 is 0 Å². The Morgan fingerprint density at radius 1 is 1.08 bits per heavy atom. The van der Waals surface area contributed by atoms with Crippen molar-refractivity contribution in [1.82, 2.24) is 0 Å². The normalized spacial score (nSPS) is 11.0. The highest BCUT2D eigenvalue weighted by atomic mass is 32.2. The van der Waals surface area contributed by atoms with Crippen molar-refractivity contribution in [3.63, 3.8) is 0 Å². The number of sulfone groups is 1. The van der Waals surface area contributed by atoms with Gasteiger partial charge in [0.2, 0.25) is 0 Å². The minimum Gasteiger partial charge on any atom is -0.507 e. The lowest BCUT2D eigenvalue weighted by atomic mass is 10.2. The predicted octanol–water partition coefficient (Wildman–Crippen LogP) is 1.73. The van der Waals surface area contributed by atoms with Gasteiger partial charge < -0.3 is 19.7 Å². The average molecular weight is 380 g/mol. The van der Waals surface area contributed by atoms with Gasteiger partial charge in [0.1, 0.15) is 23.7 Å². The van der Waals surface area contributed by atoms with E-state index < -0.39 is 27.5 Å². The van der Waals surface area contributed by atoms with Crippen LogP contribution in [0.2, 0.25) is 0 Å². The molecular weight excluding hydrogens is 364 g/mol. The quantitative estimate of drug-likeness (QED) is 0.695. The molecule has 0 saturated heterocycles. The summed E-state index contributed by atoms with van der Waals surface area (Å²) in [6.07, 6.45) is 0. The third-order valence-corrected chi connectivity index (χ3v) is 5.15. The molecule has 0 unspecified atom stereocenters. The Hall–Kier alpha value is -3.07. The van der Waals surface area contributed by atoms with Gasteiger partial charge in [0, 0.05) is 6.07 Å². The van der Waals surface area contributed by atoms with Crippen LogP contribution in [-0.4, -0.2) is 50.0 Å². The van der Waals surface area contributed by atoms with E-state index >= 15 is 0 Å². The number of aromatic hydroxyl groups is 1. The zero-order valence-corrected chi connectivity index (χ0v) is 14.5. The van der Waals surface area contributed by atoms with E-state index in [1.54, 1.807) is 0 Å². The summed E-state index contributed by atoms with van der Waals surface area (Å²) in [4.78, 5) is 22.2. The number of carboxylic acids is 1. The zero-order chi connectivity index (χ0) is 19.3. The highest BCUT2D eigenvalue weighted by Gasteiger charge is 2.16. The molecule has 0 radical (unpaired) electrons. The van der Waals surface area contributed by atoms with Crippen molar-refractivity contribution in [2.75, 3.05) is 19.5 Å². The molecule has 0 amide bonds. The third kappa shape index (κ3) is 4.51. The molecule has 0 fully saturated rings. The molecule has 2 aromatic rings. The average Bonchev–Trinajstić information content (AvgIpc) is 2.60. The molecule has 2 N–H and O–H groups in total. The summed E-state index contributed by atoms with van der Waals surface area (Å²) in [5.74, 6) is -2.53. The smallest absolute Gasteiger partial charge is 0.339 e. The van der Waals surface area contributed by atoms with Crippen molar-refractivity contribution in [3.05, 3.63) is 53.6 Å². The Kier molecular flexibility index (Phi) is 5.83. The number of carbonyl (C=O) groups is 2. The standard InChI is InChI=1S/C17H16O8S/c1-24-17(21)11-2-5-13(6-3-11)26(22,23)9-8-25-12-4-7-14(16(19)20)15(18)10-12/h2-7,10,18H,8-9H2,1H3,(H,19,20). The van der Waals surface area contributed by atoms with Crippen LogP contribution in [0.5, 0.6) is 11.5 Å². The summed E-state index contributed by atoms with van der Waals surface area (Å²) in [6, 6.07) is 8.88. The second-order valence-corrected chi connectivity index (χ2v) is 7.28. The Labute approximate surface area is 149 Å². The van der Waals surface area contributed by atoms with Crippen LogP contribution in [0.25, 0.3) is 0 Å². The van der Waals surface area contributed by atoms with Gasteiger partial charge in [-0.2, -0.15) is 0 Å². The number of ether oxygens (including phenoxy) is 2. The van der Waals surface area contributed by atoms with Crippen LogP contribution in [0.3, 0.4) is 0 Å². The first-order chi connectivity index (χ1) is 12.2. The Morgan fingerprint density at radius 2 is 1.73 bits per heavy atom. The fraction of sp³-hybridized carbons (Fsp3) is 0.176. The zero-order valence-electron chi connectivity index (χ0n) is 13.7. The minimum absolute atomic E-state index is 0.0258. The summed E-state index contributed by atoms with van der Waals surface area (Å²) in [5, 5.41) is 18.4. The summed E-state index contributed by atoms with van der Waals surface area (Å²) < 4.78 is 34.3. The van der Waals surface area contributed by atoms with Crippen molar-refractivity contribution in [3.8, 4) is 11.5 Å². The monoisotopic (exact) mass is 380 g/mol. The number of hydrogen-bond donors (Lipinski definition) is 2. The van der Waals surface area contributed by atoms with Gasteiger partial charge in [0.05, 0.1) is 23.3 Å². The van der Waals surface area contributed by atoms with Gasteiger partial charge in [0.25, 0.3) is 0 Å². The lowest BCUT2D eigenvalue weighted by molar-refractivity contribution is 0.0599. The number of aromatic carboxylic acids is 1. The van der Waals surface area contributed by atoms with Crippen LogP contribution in [0.4, 0.5) is 0 Å². The van der Waals surface area contributed by atoms with Crippen molar-refractivity contribution in [1.29, 1.82) is 0 Å². The van der Waals surface area contributed by atoms with Gasteiger partial charge in [-0.3, -0.25) is 0 Å². The highest BCUT2D eigenvalue weighted by Crippen LogP contribution is 2.23. The molecule has 0 aliphatic heterocycles. The van der Waals surface area contributed by atoms with Crippen LogP contribution in [0, 0.1) is 0 Å².